The molecule has 1 aromatic rings. The lowest BCUT2D eigenvalue weighted by Crippen LogP contribution is -2.56. The molecule has 0 spiro atoms. The van der Waals surface area contributed by atoms with Gasteiger partial charge in [0, 0.05) is 44.3 Å². The molecule has 1 aliphatic rings. The number of aryl methyl sites for hydroxylation is 2. The van der Waals surface area contributed by atoms with Crippen LogP contribution in [0, 0.1) is 12.8 Å². The smallest absolute Gasteiger partial charge is 0.131 e. The van der Waals surface area contributed by atoms with Crippen molar-refractivity contribution in [1.29, 1.82) is 0 Å². The highest BCUT2D eigenvalue weighted by Gasteiger charge is 2.29. The summed E-state index contributed by atoms with van der Waals surface area (Å²) in [6, 6.07) is 1.17. The van der Waals surface area contributed by atoms with Crippen LogP contribution >= 0.6 is 11.6 Å². The monoisotopic (exact) mass is 312 g/mol. The second-order valence-corrected chi connectivity index (χ2v) is 7.06. The fourth-order valence-electron chi connectivity index (χ4n) is 3.23. The highest BCUT2D eigenvalue weighted by atomic mass is 35.5. The molecule has 0 aromatic carbocycles. The second-order valence-electron chi connectivity index (χ2n) is 6.70. The predicted molar refractivity (Wildman–Crippen MR) is 88.7 cm³/mol. The summed E-state index contributed by atoms with van der Waals surface area (Å²) in [5.74, 6) is 0.711. The minimum Gasteiger partial charge on any atom is -0.311 e. The fraction of sp³-hybridized carbons (Fsp3) is 0.812. The van der Waals surface area contributed by atoms with Gasteiger partial charge in [-0.1, -0.05) is 32.4 Å². The van der Waals surface area contributed by atoms with Crippen molar-refractivity contribution in [1.82, 2.24) is 20.0 Å². The van der Waals surface area contributed by atoms with Gasteiger partial charge in [0.05, 0.1) is 5.69 Å². The normalized spacial score (nSPS) is 24.0. The van der Waals surface area contributed by atoms with E-state index in [1.54, 1.807) is 4.68 Å². The van der Waals surface area contributed by atoms with E-state index in [9.17, 15) is 0 Å². The molecule has 0 aliphatic carbocycles. The van der Waals surface area contributed by atoms with E-state index in [-0.39, 0.29) is 0 Å². The second kappa shape index (κ2) is 7.12. The number of nitrogens with one attached hydrogen (secondary N) is 1. The van der Waals surface area contributed by atoms with Crippen molar-refractivity contribution in [3.63, 3.8) is 0 Å². The topological polar surface area (TPSA) is 33.1 Å². The summed E-state index contributed by atoms with van der Waals surface area (Å²) in [6.45, 7) is 12.0. The molecule has 4 nitrogen and oxygen atoms in total. The summed E-state index contributed by atoms with van der Waals surface area (Å²) in [6.07, 6.45) is 2.39. The highest BCUT2D eigenvalue weighted by Crippen LogP contribution is 2.24. The first kappa shape index (κ1) is 16.8. The largest absolute Gasteiger partial charge is 0.311 e. The van der Waals surface area contributed by atoms with E-state index in [4.69, 9.17) is 11.6 Å². The van der Waals surface area contributed by atoms with Crippen LogP contribution in [0.5, 0.6) is 0 Å². The molecule has 1 N–H and O–H groups in total. The van der Waals surface area contributed by atoms with Gasteiger partial charge >= 0.3 is 0 Å². The first-order chi connectivity index (χ1) is 9.92. The predicted octanol–water partition coefficient (Wildman–Crippen LogP) is 2.98. The first-order valence-electron chi connectivity index (χ1n) is 8.07. The van der Waals surface area contributed by atoms with Crippen molar-refractivity contribution < 1.29 is 0 Å². The zero-order valence-corrected chi connectivity index (χ0v) is 14.7. The number of halogens is 1. The molecule has 0 saturated carbocycles. The van der Waals surface area contributed by atoms with Crippen LogP contribution in [0.4, 0.5) is 0 Å². The number of nitrogens with zero attached hydrogens (tertiary/aromatic N) is 3. The zero-order valence-electron chi connectivity index (χ0n) is 14.0. The van der Waals surface area contributed by atoms with E-state index in [1.807, 2.05) is 7.05 Å². The molecule has 0 bridgehead atoms. The van der Waals surface area contributed by atoms with Gasteiger partial charge in [-0.05, 0) is 25.7 Å². The van der Waals surface area contributed by atoms with Gasteiger partial charge in [0.25, 0.3) is 0 Å². The molecule has 2 unspecified atom stereocenters. The summed E-state index contributed by atoms with van der Waals surface area (Å²) in [7, 11) is 1.91. The van der Waals surface area contributed by atoms with Crippen molar-refractivity contribution in [2.75, 3.05) is 13.1 Å². The van der Waals surface area contributed by atoms with Crippen molar-refractivity contribution in [2.24, 2.45) is 13.0 Å². The Balaban J connectivity index is 2.15. The van der Waals surface area contributed by atoms with E-state index < -0.39 is 0 Å². The lowest BCUT2D eigenvalue weighted by Gasteiger charge is -2.41. The van der Waals surface area contributed by atoms with Gasteiger partial charge in [0.1, 0.15) is 5.15 Å². The molecular weight excluding hydrogens is 284 g/mol. The van der Waals surface area contributed by atoms with Crippen molar-refractivity contribution in [3.05, 3.63) is 16.4 Å². The van der Waals surface area contributed by atoms with E-state index >= 15 is 0 Å². The Labute approximate surface area is 133 Å². The maximum atomic E-state index is 6.42. The summed E-state index contributed by atoms with van der Waals surface area (Å²) in [4.78, 5) is 2.60. The maximum absolute atomic E-state index is 6.42. The van der Waals surface area contributed by atoms with Crippen molar-refractivity contribution in [3.8, 4) is 0 Å². The van der Waals surface area contributed by atoms with Gasteiger partial charge < -0.3 is 5.32 Å². The fourth-order valence-corrected chi connectivity index (χ4v) is 3.46. The Bertz CT molecular complexity index is 469. The molecule has 1 fully saturated rings. The average Bonchev–Trinajstić information content (AvgIpc) is 2.66. The third-order valence-electron chi connectivity index (χ3n) is 4.48. The van der Waals surface area contributed by atoms with Crippen LogP contribution in [0.15, 0.2) is 0 Å². The molecule has 0 radical (unpaired) electrons. The number of aromatic nitrogens is 2. The van der Waals surface area contributed by atoms with Crippen LogP contribution in [0.25, 0.3) is 0 Å². The van der Waals surface area contributed by atoms with Crippen LogP contribution in [0.1, 0.15) is 44.9 Å². The van der Waals surface area contributed by atoms with Crippen LogP contribution in [-0.4, -0.2) is 39.9 Å². The molecule has 120 valence electrons. The molecule has 1 aliphatic heterocycles. The van der Waals surface area contributed by atoms with E-state index in [2.05, 4.69) is 43.0 Å². The lowest BCUT2D eigenvalue weighted by molar-refractivity contribution is 0.105. The minimum absolute atomic E-state index is 0.587. The highest BCUT2D eigenvalue weighted by molar-refractivity contribution is 6.30. The minimum atomic E-state index is 0.587. The Hall–Kier alpha value is -0.580. The average molecular weight is 313 g/mol. The molecule has 21 heavy (non-hydrogen) atoms. The maximum Gasteiger partial charge on any atom is 0.131 e. The lowest BCUT2D eigenvalue weighted by atomic mass is 9.97. The van der Waals surface area contributed by atoms with Crippen molar-refractivity contribution in [2.45, 2.75) is 59.2 Å². The van der Waals surface area contributed by atoms with Gasteiger partial charge in [-0.3, -0.25) is 9.58 Å². The molecule has 2 atom stereocenters. The standard InChI is InChI=1S/C16H29ClN4/c1-6-13-9-21(14(8-18-13)7-11(2)3)10-15-12(4)19-20(5)16(15)17/h11,13-14,18H,6-10H2,1-5H3. The zero-order chi connectivity index (χ0) is 15.6. The summed E-state index contributed by atoms with van der Waals surface area (Å²) >= 11 is 6.42. The number of rotatable bonds is 5. The van der Waals surface area contributed by atoms with E-state index in [0.717, 1.165) is 30.5 Å². The van der Waals surface area contributed by atoms with Crippen LogP contribution in [0.2, 0.25) is 5.15 Å². The molecule has 5 heteroatoms. The number of hydrogen-bond donors (Lipinski definition) is 1. The van der Waals surface area contributed by atoms with E-state index in [0.29, 0.717) is 18.0 Å². The number of piperazine rings is 1. The summed E-state index contributed by atoms with van der Waals surface area (Å²) < 4.78 is 1.78. The van der Waals surface area contributed by atoms with E-state index in [1.165, 1.54) is 18.4 Å². The third kappa shape index (κ3) is 3.99. The third-order valence-corrected chi connectivity index (χ3v) is 4.95. The molecule has 1 aromatic heterocycles. The van der Waals surface area contributed by atoms with Crippen LogP contribution in [-0.2, 0) is 13.6 Å². The summed E-state index contributed by atoms with van der Waals surface area (Å²) in [5, 5.41) is 8.90. The molecule has 2 rings (SSSR count). The SMILES string of the molecule is CCC1CN(Cc2c(C)nn(C)c2Cl)C(CC(C)C)CN1. The Kier molecular flexibility index (Phi) is 5.69. The summed E-state index contributed by atoms with van der Waals surface area (Å²) in [5.41, 5.74) is 2.24. The molecular formula is C16H29ClN4. The van der Waals surface area contributed by atoms with Gasteiger partial charge in [-0.2, -0.15) is 5.10 Å². The van der Waals surface area contributed by atoms with Gasteiger partial charge in [0.2, 0.25) is 0 Å². The molecule has 1 saturated heterocycles. The Morgan fingerprint density at radius 2 is 2.14 bits per heavy atom. The quantitative estimate of drug-likeness (QED) is 0.907. The Morgan fingerprint density at radius 1 is 1.43 bits per heavy atom. The van der Waals surface area contributed by atoms with Gasteiger partial charge in [-0.25, -0.2) is 0 Å². The van der Waals surface area contributed by atoms with Crippen LogP contribution < -0.4 is 5.32 Å². The van der Waals surface area contributed by atoms with Gasteiger partial charge in [-0.15, -0.1) is 0 Å². The molecule has 2 heterocycles. The number of hydrogen-bond acceptors (Lipinski definition) is 3. The van der Waals surface area contributed by atoms with Gasteiger partial charge in [0.15, 0.2) is 0 Å². The first-order valence-corrected chi connectivity index (χ1v) is 8.45. The Morgan fingerprint density at radius 3 is 2.67 bits per heavy atom. The van der Waals surface area contributed by atoms with Crippen LogP contribution in [0.3, 0.4) is 0 Å². The molecule has 0 amide bonds. The van der Waals surface area contributed by atoms with Crippen molar-refractivity contribution >= 4 is 11.6 Å².